The maximum absolute atomic E-state index is 12.0. The first-order valence-electron chi connectivity index (χ1n) is 8.54. The van der Waals surface area contributed by atoms with Crippen molar-refractivity contribution < 1.29 is 23.7 Å². The van der Waals surface area contributed by atoms with Crippen molar-refractivity contribution >= 4 is 6.09 Å². The molecule has 138 valence electrons. The van der Waals surface area contributed by atoms with Gasteiger partial charge in [-0.3, -0.25) is 0 Å². The highest BCUT2D eigenvalue weighted by Crippen LogP contribution is 2.29. The van der Waals surface area contributed by atoms with E-state index in [1.165, 1.54) is 0 Å². The van der Waals surface area contributed by atoms with Crippen molar-refractivity contribution in [3.8, 4) is 5.75 Å². The summed E-state index contributed by atoms with van der Waals surface area (Å²) in [6, 6.07) is 16.8. The lowest BCUT2D eigenvalue weighted by molar-refractivity contribution is -0.0645. The first kappa shape index (κ1) is 18.2. The molecule has 0 aliphatic carbocycles. The Balaban J connectivity index is 1.46. The van der Waals surface area contributed by atoms with Crippen molar-refractivity contribution in [1.82, 2.24) is 5.32 Å². The van der Waals surface area contributed by atoms with E-state index < -0.39 is 12.4 Å². The maximum atomic E-state index is 12.0. The Kier molecular flexibility index (Phi) is 6.09. The van der Waals surface area contributed by atoms with Crippen LogP contribution in [0.2, 0.25) is 0 Å². The number of ether oxygens (including phenoxy) is 4. The molecule has 0 aromatic heterocycles. The van der Waals surface area contributed by atoms with Gasteiger partial charge in [-0.15, -0.1) is 0 Å². The molecule has 1 aliphatic heterocycles. The van der Waals surface area contributed by atoms with E-state index >= 15 is 0 Å². The second-order valence-electron chi connectivity index (χ2n) is 6.11. The van der Waals surface area contributed by atoms with Gasteiger partial charge in [0.05, 0.1) is 19.8 Å². The molecule has 1 unspecified atom stereocenters. The third-order valence-electron chi connectivity index (χ3n) is 4.21. The third kappa shape index (κ3) is 4.74. The fourth-order valence-electron chi connectivity index (χ4n) is 2.66. The van der Waals surface area contributed by atoms with Gasteiger partial charge in [0.25, 0.3) is 0 Å². The summed E-state index contributed by atoms with van der Waals surface area (Å²) in [5.74, 6) is 0.777. The molecule has 1 fully saturated rings. The fraction of sp³-hybridized carbons (Fsp3) is 0.350. The average molecular weight is 357 g/mol. The SMILES string of the molecule is COc1ccc(C2OC[C@H]([C@H](C)NC(=O)OCc3ccccc3)O2)cc1. The van der Waals surface area contributed by atoms with E-state index in [-0.39, 0.29) is 18.8 Å². The molecule has 6 nitrogen and oxygen atoms in total. The molecular weight excluding hydrogens is 334 g/mol. The van der Waals surface area contributed by atoms with Crippen LogP contribution in [0.4, 0.5) is 4.79 Å². The zero-order valence-corrected chi connectivity index (χ0v) is 14.9. The Labute approximate surface area is 153 Å². The summed E-state index contributed by atoms with van der Waals surface area (Å²) in [6.07, 6.45) is -1.17. The summed E-state index contributed by atoms with van der Waals surface area (Å²) in [4.78, 5) is 12.0. The Morgan fingerprint density at radius 1 is 1.19 bits per heavy atom. The summed E-state index contributed by atoms with van der Waals surface area (Å²) >= 11 is 0. The monoisotopic (exact) mass is 357 g/mol. The lowest BCUT2D eigenvalue weighted by Crippen LogP contribution is -2.42. The minimum Gasteiger partial charge on any atom is -0.497 e. The van der Waals surface area contributed by atoms with Gasteiger partial charge < -0.3 is 24.3 Å². The fourth-order valence-corrected chi connectivity index (χ4v) is 2.66. The number of methoxy groups -OCH3 is 1. The average Bonchev–Trinajstić information content (AvgIpc) is 3.18. The summed E-state index contributed by atoms with van der Waals surface area (Å²) in [5.41, 5.74) is 1.85. The highest BCUT2D eigenvalue weighted by atomic mass is 16.7. The smallest absolute Gasteiger partial charge is 0.407 e. The maximum Gasteiger partial charge on any atom is 0.407 e. The molecule has 2 aromatic carbocycles. The van der Waals surface area contributed by atoms with Crippen molar-refractivity contribution in [1.29, 1.82) is 0 Å². The zero-order valence-electron chi connectivity index (χ0n) is 14.9. The first-order chi connectivity index (χ1) is 12.7. The Hall–Kier alpha value is -2.57. The molecule has 1 amide bonds. The quantitative estimate of drug-likeness (QED) is 0.858. The summed E-state index contributed by atoms with van der Waals surface area (Å²) < 4.78 is 22.0. The second-order valence-corrected chi connectivity index (χ2v) is 6.11. The summed E-state index contributed by atoms with van der Waals surface area (Å²) in [7, 11) is 1.62. The minimum atomic E-state index is -0.474. The number of amides is 1. The van der Waals surface area contributed by atoms with Crippen LogP contribution in [0.5, 0.6) is 5.75 Å². The standard InChI is InChI=1S/C20H23NO5/c1-14(21-20(22)25-12-15-6-4-3-5-7-15)18-13-24-19(26-18)16-8-10-17(23-2)11-9-16/h3-11,14,18-19H,12-13H2,1-2H3,(H,21,22)/t14-,18+,19?/m0/s1. The number of hydrogen-bond donors (Lipinski definition) is 1. The Morgan fingerprint density at radius 2 is 1.92 bits per heavy atom. The van der Waals surface area contributed by atoms with Crippen molar-refractivity contribution in [3.05, 3.63) is 65.7 Å². The number of hydrogen-bond acceptors (Lipinski definition) is 5. The molecule has 0 radical (unpaired) electrons. The highest BCUT2D eigenvalue weighted by Gasteiger charge is 2.32. The van der Waals surface area contributed by atoms with Crippen LogP contribution in [0.3, 0.4) is 0 Å². The topological polar surface area (TPSA) is 66.0 Å². The van der Waals surface area contributed by atoms with Crippen LogP contribution in [0.1, 0.15) is 24.3 Å². The van der Waals surface area contributed by atoms with Crippen LogP contribution in [0.15, 0.2) is 54.6 Å². The number of alkyl carbamates (subject to hydrolysis) is 1. The van der Waals surface area contributed by atoms with Gasteiger partial charge in [-0.1, -0.05) is 42.5 Å². The molecule has 1 heterocycles. The minimum absolute atomic E-state index is 0.232. The van der Waals surface area contributed by atoms with E-state index in [9.17, 15) is 4.79 Å². The van der Waals surface area contributed by atoms with Crippen LogP contribution in [0.25, 0.3) is 0 Å². The number of carbonyl (C=O) groups is 1. The van der Waals surface area contributed by atoms with Crippen molar-refractivity contribution in [2.45, 2.75) is 32.0 Å². The highest BCUT2D eigenvalue weighted by molar-refractivity contribution is 5.67. The number of rotatable bonds is 6. The number of benzene rings is 2. The van der Waals surface area contributed by atoms with Gasteiger partial charge in [-0.2, -0.15) is 0 Å². The molecule has 0 spiro atoms. The lowest BCUT2D eigenvalue weighted by atomic mass is 10.2. The molecular formula is C20H23NO5. The van der Waals surface area contributed by atoms with Gasteiger partial charge in [-0.05, 0) is 24.6 Å². The Bertz CT molecular complexity index is 704. The summed E-state index contributed by atoms with van der Waals surface area (Å²) in [6.45, 7) is 2.50. The van der Waals surface area contributed by atoms with Crippen molar-refractivity contribution in [2.24, 2.45) is 0 Å². The number of nitrogens with one attached hydrogen (secondary N) is 1. The molecule has 1 aliphatic rings. The van der Waals surface area contributed by atoms with Gasteiger partial charge >= 0.3 is 6.09 Å². The molecule has 6 heteroatoms. The lowest BCUT2D eigenvalue weighted by Gasteiger charge is -2.19. The molecule has 26 heavy (non-hydrogen) atoms. The first-order valence-corrected chi connectivity index (χ1v) is 8.54. The van der Waals surface area contributed by atoms with Crippen molar-refractivity contribution in [2.75, 3.05) is 13.7 Å². The van der Waals surface area contributed by atoms with Gasteiger partial charge in [0.1, 0.15) is 18.5 Å². The van der Waals surface area contributed by atoms with Crippen LogP contribution in [-0.4, -0.2) is 32.0 Å². The van der Waals surface area contributed by atoms with Gasteiger partial charge in [0, 0.05) is 5.56 Å². The van der Waals surface area contributed by atoms with Crippen LogP contribution >= 0.6 is 0 Å². The molecule has 0 bridgehead atoms. The molecule has 3 atom stereocenters. The van der Waals surface area contributed by atoms with E-state index in [1.54, 1.807) is 7.11 Å². The summed E-state index contributed by atoms with van der Waals surface area (Å²) in [5, 5.41) is 2.80. The predicted octanol–water partition coefficient (Wildman–Crippen LogP) is 3.42. The van der Waals surface area contributed by atoms with E-state index in [0.29, 0.717) is 6.61 Å². The van der Waals surface area contributed by atoms with Crippen molar-refractivity contribution in [3.63, 3.8) is 0 Å². The molecule has 1 saturated heterocycles. The van der Waals surface area contributed by atoms with Gasteiger partial charge in [0.2, 0.25) is 0 Å². The molecule has 1 N–H and O–H groups in total. The van der Waals surface area contributed by atoms with Crippen LogP contribution < -0.4 is 10.1 Å². The van der Waals surface area contributed by atoms with Gasteiger partial charge in [-0.25, -0.2) is 4.79 Å². The van der Waals surface area contributed by atoms with E-state index in [0.717, 1.165) is 16.9 Å². The van der Waals surface area contributed by atoms with Gasteiger partial charge in [0.15, 0.2) is 6.29 Å². The van der Waals surface area contributed by atoms with Crippen LogP contribution in [0, 0.1) is 0 Å². The van der Waals surface area contributed by atoms with E-state index in [1.807, 2.05) is 61.5 Å². The second kappa shape index (κ2) is 8.69. The third-order valence-corrected chi connectivity index (χ3v) is 4.21. The number of carbonyl (C=O) groups excluding carboxylic acids is 1. The predicted molar refractivity (Wildman–Crippen MR) is 95.8 cm³/mol. The van der Waals surface area contributed by atoms with E-state index in [2.05, 4.69) is 5.32 Å². The molecule has 2 aromatic rings. The molecule has 3 rings (SSSR count). The van der Waals surface area contributed by atoms with E-state index in [4.69, 9.17) is 18.9 Å². The largest absolute Gasteiger partial charge is 0.497 e. The van der Waals surface area contributed by atoms with Crippen LogP contribution in [-0.2, 0) is 20.8 Å². The Morgan fingerprint density at radius 3 is 2.62 bits per heavy atom. The molecule has 0 saturated carbocycles. The zero-order chi connectivity index (χ0) is 18.4. The normalized spacial score (nSPS) is 20.4.